The van der Waals surface area contributed by atoms with Crippen LogP contribution in [0.5, 0.6) is 0 Å². The number of nitrogens with zero attached hydrogens (tertiary/aromatic N) is 2. The Morgan fingerprint density at radius 3 is 2.65 bits per heavy atom. The second-order valence-electron chi connectivity index (χ2n) is 4.54. The highest BCUT2D eigenvalue weighted by Crippen LogP contribution is 2.25. The van der Waals surface area contributed by atoms with Crippen molar-refractivity contribution in [3.05, 3.63) is 17.3 Å². The fourth-order valence-corrected chi connectivity index (χ4v) is 1.95. The van der Waals surface area contributed by atoms with Gasteiger partial charge in [0.05, 0.1) is 5.69 Å². The van der Waals surface area contributed by atoms with Gasteiger partial charge in [0, 0.05) is 12.6 Å². The molecule has 1 rings (SSSR count). The van der Waals surface area contributed by atoms with Crippen molar-refractivity contribution in [2.45, 2.75) is 46.1 Å². The molecule has 4 heteroatoms. The first-order chi connectivity index (χ1) is 8.06. The first-order valence-corrected chi connectivity index (χ1v) is 6.62. The highest BCUT2D eigenvalue weighted by Gasteiger charge is 2.14. The third-order valence-electron chi connectivity index (χ3n) is 2.77. The van der Waals surface area contributed by atoms with Gasteiger partial charge in [-0.05, 0) is 32.4 Å². The van der Waals surface area contributed by atoms with Gasteiger partial charge < -0.3 is 10.6 Å². The molecule has 0 aromatic carbocycles. The van der Waals surface area contributed by atoms with Crippen LogP contribution in [-0.4, -0.2) is 17.6 Å². The maximum atomic E-state index is 5.97. The molecule has 0 aliphatic carbocycles. The average molecular weight is 256 g/mol. The SMILES string of the molecule is CCCCCN(c1nc(Cl)ccc1N)C(C)C. The number of halogens is 1. The molecule has 17 heavy (non-hydrogen) atoms. The third-order valence-corrected chi connectivity index (χ3v) is 2.98. The average Bonchev–Trinajstić information content (AvgIpc) is 2.28. The van der Waals surface area contributed by atoms with Gasteiger partial charge in [-0.3, -0.25) is 0 Å². The third kappa shape index (κ3) is 4.08. The zero-order valence-corrected chi connectivity index (χ0v) is 11.7. The molecule has 0 atom stereocenters. The number of nitrogen functional groups attached to an aromatic ring is 1. The molecule has 0 spiro atoms. The molecule has 0 aliphatic heterocycles. The summed E-state index contributed by atoms with van der Waals surface area (Å²) in [5, 5.41) is 0.496. The van der Waals surface area contributed by atoms with Gasteiger partial charge in [0.25, 0.3) is 0 Å². The molecule has 1 heterocycles. The van der Waals surface area contributed by atoms with E-state index in [1.165, 1.54) is 12.8 Å². The van der Waals surface area contributed by atoms with Crippen molar-refractivity contribution in [2.75, 3.05) is 17.2 Å². The monoisotopic (exact) mass is 255 g/mol. The number of anilines is 2. The topological polar surface area (TPSA) is 42.2 Å². The predicted octanol–water partition coefficient (Wildman–Crippen LogP) is 3.72. The summed E-state index contributed by atoms with van der Waals surface area (Å²) in [7, 11) is 0. The molecule has 96 valence electrons. The van der Waals surface area contributed by atoms with Crippen molar-refractivity contribution >= 4 is 23.1 Å². The van der Waals surface area contributed by atoms with Crippen LogP contribution >= 0.6 is 11.6 Å². The minimum atomic E-state index is 0.375. The summed E-state index contributed by atoms with van der Waals surface area (Å²) in [6.07, 6.45) is 3.59. The molecule has 2 N–H and O–H groups in total. The first kappa shape index (κ1) is 14.1. The van der Waals surface area contributed by atoms with Crippen LogP contribution in [0.25, 0.3) is 0 Å². The van der Waals surface area contributed by atoms with Crippen molar-refractivity contribution in [3.8, 4) is 0 Å². The lowest BCUT2D eigenvalue weighted by atomic mass is 10.2. The quantitative estimate of drug-likeness (QED) is 0.622. The number of aromatic nitrogens is 1. The Hall–Kier alpha value is -0.960. The van der Waals surface area contributed by atoms with Crippen LogP contribution < -0.4 is 10.6 Å². The van der Waals surface area contributed by atoms with Gasteiger partial charge in [-0.25, -0.2) is 4.98 Å². The van der Waals surface area contributed by atoms with E-state index in [2.05, 4.69) is 30.7 Å². The molecule has 0 radical (unpaired) electrons. The Kier molecular flexibility index (Phi) is 5.56. The van der Waals surface area contributed by atoms with Crippen LogP contribution in [0.1, 0.15) is 40.0 Å². The van der Waals surface area contributed by atoms with E-state index in [-0.39, 0.29) is 0 Å². The van der Waals surface area contributed by atoms with Crippen molar-refractivity contribution in [1.29, 1.82) is 0 Å². The highest BCUT2D eigenvalue weighted by atomic mass is 35.5. The Morgan fingerprint density at radius 2 is 2.06 bits per heavy atom. The summed E-state index contributed by atoms with van der Waals surface area (Å²) in [4.78, 5) is 6.56. The number of rotatable bonds is 6. The number of pyridine rings is 1. The van der Waals surface area contributed by atoms with Crippen LogP contribution in [0.2, 0.25) is 5.15 Å². The maximum Gasteiger partial charge on any atom is 0.153 e. The second kappa shape index (κ2) is 6.70. The van der Waals surface area contributed by atoms with Crippen LogP contribution in [-0.2, 0) is 0 Å². The van der Waals surface area contributed by atoms with E-state index in [0.717, 1.165) is 18.8 Å². The molecule has 1 aromatic rings. The summed E-state index contributed by atoms with van der Waals surface area (Å²) < 4.78 is 0. The molecule has 0 fully saturated rings. The van der Waals surface area contributed by atoms with Gasteiger partial charge >= 0.3 is 0 Å². The van der Waals surface area contributed by atoms with Crippen molar-refractivity contribution < 1.29 is 0 Å². The lowest BCUT2D eigenvalue weighted by Gasteiger charge is -2.29. The number of hydrogen-bond donors (Lipinski definition) is 1. The highest BCUT2D eigenvalue weighted by molar-refractivity contribution is 6.29. The van der Waals surface area contributed by atoms with Gasteiger partial charge in [-0.1, -0.05) is 31.4 Å². The summed E-state index contributed by atoms with van der Waals surface area (Å²) in [6, 6.07) is 3.92. The normalized spacial score (nSPS) is 10.9. The van der Waals surface area contributed by atoms with Crippen molar-refractivity contribution in [3.63, 3.8) is 0 Å². The lowest BCUT2D eigenvalue weighted by Crippen LogP contribution is -2.33. The number of hydrogen-bond acceptors (Lipinski definition) is 3. The molecule has 1 aromatic heterocycles. The zero-order chi connectivity index (χ0) is 12.8. The summed E-state index contributed by atoms with van der Waals surface area (Å²) in [5.41, 5.74) is 6.66. The van der Waals surface area contributed by atoms with Crippen molar-refractivity contribution in [2.24, 2.45) is 0 Å². The van der Waals surface area contributed by atoms with E-state index in [9.17, 15) is 0 Å². The van der Waals surface area contributed by atoms with E-state index in [1.807, 2.05) is 6.07 Å². The Labute approximate surface area is 109 Å². The molecule has 0 saturated carbocycles. The fraction of sp³-hybridized carbons (Fsp3) is 0.615. The largest absolute Gasteiger partial charge is 0.396 e. The van der Waals surface area contributed by atoms with Crippen LogP contribution in [0.4, 0.5) is 11.5 Å². The van der Waals surface area contributed by atoms with Gasteiger partial charge in [0.1, 0.15) is 5.15 Å². The molecule has 3 nitrogen and oxygen atoms in total. The van der Waals surface area contributed by atoms with Crippen LogP contribution in [0, 0.1) is 0 Å². The van der Waals surface area contributed by atoms with Gasteiger partial charge in [0.15, 0.2) is 5.82 Å². The molecule has 0 aliphatic rings. The predicted molar refractivity (Wildman–Crippen MR) is 75.7 cm³/mol. The second-order valence-corrected chi connectivity index (χ2v) is 4.93. The lowest BCUT2D eigenvalue weighted by molar-refractivity contribution is 0.621. The Morgan fingerprint density at radius 1 is 1.35 bits per heavy atom. The molecule has 0 amide bonds. The summed E-state index contributed by atoms with van der Waals surface area (Å²) in [6.45, 7) is 7.47. The number of unbranched alkanes of at least 4 members (excludes halogenated alkanes) is 2. The van der Waals surface area contributed by atoms with Crippen molar-refractivity contribution in [1.82, 2.24) is 4.98 Å². The van der Waals surface area contributed by atoms with Gasteiger partial charge in [-0.15, -0.1) is 0 Å². The van der Waals surface area contributed by atoms with E-state index in [4.69, 9.17) is 17.3 Å². The van der Waals surface area contributed by atoms with E-state index in [1.54, 1.807) is 6.07 Å². The first-order valence-electron chi connectivity index (χ1n) is 6.25. The van der Waals surface area contributed by atoms with E-state index >= 15 is 0 Å². The molecule has 0 bridgehead atoms. The van der Waals surface area contributed by atoms with E-state index < -0.39 is 0 Å². The molecule has 0 saturated heterocycles. The minimum Gasteiger partial charge on any atom is -0.396 e. The van der Waals surface area contributed by atoms with E-state index in [0.29, 0.717) is 16.9 Å². The molecular formula is C13H22ClN3. The number of nitrogens with two attached hydrogens (primary N) is 1. The minimum absolute atomic E-state index is 0.375. The standard InChI is InChI=1S/C13H22ClN3/c1-4-5-6-9-17(10(2)3)13-11(15)7-8-12(14)16-13/h7-8,10H,4-6,9,15H2,1-3H3. The summed E-state index contributed by atoms with van der Waals surface area (Å²) >= 11 is 5.93. The Bertz CT molecular complexity index is 353. The Balaban J connectivity index is 2.85. The molecular weight excluding hydrogens is 234 g/mol. The van der Waals surface area contributed by atoms with Gasteiger partial charge in [0.2, 0.25) is 0 Å². The van der Waals surface area contributed by atoms with Crippen LogP contribution in [0.3, 0.4) is 0 Å². The molecule has 0 unspecified atom stereocenters. The maximum absolute atomic E-state index is 5.97. The zero-order valence-electron chi connectivity index (χ0n) is 10.9. The smallest absolute Gasteiger partial charge is 0.153 e. The summed E-state index contributed by atoms with van der Waals surface area (Å²) in [5.74, 6) is 0.809. The van der Waals surface area contributed by atoms with Gasteiger partial charge in [-0.2, -0.15) is 0 Å². The van der Waals surface area contributed by atoms with Crippen LogP contribution in [0.15, 0.2) is 12.1 Å². The fourth-order valence-electron chi connectivity index (χ4n) is 1.81.